The molecule has 0 bridgehead atoms. The number of ether oxygens (including phenoxy) is 1. The van der Waals surface area contributed by atoms with Crippen molar-refractivity contribution in [3.63, 3.8) is 0 Å². The molecule has 0 saturated carbocycles. The fourth-order valence-corrected chi connectivity index (χ4v) is 4.60. The van der Waals surface area contributed by atoms with E-state index in [-0.39, 0.29) is 5.54 Å². The number of carbonyl (C=O) groups is 1. The number of amides is 1. The van der Waals surface area contributed by atoms with Crippen LogP contribution in [0.25, 0.3) is 0 Å². The minimum Gasteiger partial charge on any atom is -0.383 e. The summed E-state index contributed by atoms with van der Waals surface area (Å²) in [5, 5.41) is 0. The van der Waals surface area contributed by atoms with Gasteiger partial charge in [-0.3, -0.25) is 4.79 Å². The fraction of sp³-hybridized carbons (Fsp3) is 0.650. The van der Waals surface area contributed by atoms with Gasteiger partial charge in [0.2, 0.25) is 5.91 Å². The molecule has 3 rings (SSSR count). The number of benzene rings is 1. The molecule has 2 fully saturated rings. The topological polar surface area (TPSA) is 32.8 Å². The highest BCUT2D eigenvalue weighted by Crippen LogP contribution is 2.48. The van der Waals surface area contributed by atoms with Gasteiger partial charge in [-0.2, -0.15) is 0 Å². The average molecular weight is 330 g/mol. The summed E-state index contributed by atoms with van der Waals surface area (Å²) in [4.78, 5) is 17.5. The summed E-state index contributed by atoms with van der Waals surface area (Å²) in [5.74, 6) is 0.594. The van der Waals surface area contributed by atoms with E-state index in [1.165, 1.54) is 5.56 Å². The Morgan fingerprint density at radius 1 is 1.21 bits per heavy atom. The van der Waals surface area contributed by atoms with Gasteiger partial charge < -0.3 is 14.5 Å². The first kappa shape index (κ1) is 17.4. The van der Waals surface area contributed by atoms with E-state index in [4.69, 9.17) is 4.74 Å². The maximum absolute atomic E-state index is 12.8. The van der Waals surface area contributed by atoms with Gasteiger partial charge in [-0.05, 0) is 32.3 Å². The standard InChI is InChI=1S/C20H30N2O2/c1-16(2)21-11-9-20(10-12-21)18(17-7-5-4-6-8-17)15-19(23)22(20)13-14-24-3/h4-8,16,18H,9-15H2,1-3H3/t18-/m1/s1. The molecular formula is C20H30N2O2. The minimum atomic E-state index is -0.0393. The molecule has 2 aliphatic rings. The van der Waals surface area contributed by atoms with E-state index in [2.05, 4.69) is 54.0 Å². The highest BCUT2D eigenvalue weighted by atomic mass is 16.5. The van der Waals surface area contributed by atoms with Gasteiger partial charge in [-0.25, -0.2) is 0 Å². The third kappa shape index (κ3) is 3.09. The molecule has 0 aromatic heterocycles. The number of hydrogen-bond donors (Lipinski definition) is 0. The lowest BCUT2D eigenvalue weighted by molar-refractivity contribution is -0.133. The lowest BCUT2D eigenvalue weighted by atomic mass is 9.73. The summed E-state index contributed by atoms with van der Waals surface area (Å²) in [6.07, 6.45) is 2.75. The Kier molecular flexibility index (Phi) is 5.26. The predicted octanol–water partition coefficient (Wildman–Crippen LogP) is 2.89. The van der Waals surface area contributed by atoms with Crippen molar-refractivity contribution >= 4 is 5.91 Å². The summed E-state index contributed by atoms with van der Waals surface area (Å²) < 4.78 is 5.28. The van der Waals surface area contributed by atoms with E-state index in [1.54, 1.807) is 7.11 Å². The number of carbonyl (C=O) groups excluding carboxylic acids is 1. The molecule has 4 heteroatoms. The smallest absolute Gasteiger partial charge is 0.223 e. The molecule has 0 N–H and O–H groups in total. The van der Waals surface area contributed by atoms with E-state index in [1.807, 2.05) is 0 Å². The number of nitrogens with zero attached hydrogens (tertiary/aromatic N) is 2. The van der Waals surface area contributed by atoms with E-state index >= 15 is 0 Å². The second-order valence-corrected chi connectivity index (χ2v) is 7.44. The zero-order valence-electron chi connectivity index (χ0n) is 15.2. The van der Waals surface area contributed by atoms with E-state index in [9.17, 15) is 4.79 Å². The first-order valence-electron chi connectivity index (χ1n) is 9.17. The predicted molar refractivity (Wildman–Crippen MR) is 96.1 cm³/mol. The van der Waals surface area contributed by atoms with Crippen LogP contribution in [0.3, 0.4) is 0 Å². The summed E-state index contributed by atoms with van der Waals surface area (Å²) in [7, 11) is 1.71. The Hall–Kier alpha value is -1.39. The van der Waals surface area contributed by atoms with Crippen molar-refractivity contribution in [1.29, 1.82) is 0 Å². The van der Waals surface area contributed by atoms with Crippen LogP contribution in [0.2, 0.25) is 0 Å². The Morgan fingerprint density at radius 2 is 1.88 bits per heavy atom. The van der Waals surface area contributed by atoms with Crippen molar-refractivity contribution in [1.82, 2.24) is 9.80 Å². The molecular weight excluding hydrogens is 300 g/mol. The van der Waals surface area contributed by atoms with Crippen LogP contribution in [0, 0.1) is 0 Å². The molecule has 0 aliphatic carbocycles. The summed E-state index contributed by atoms with van der Waals surface area (Å²) in [6.45, 7) is 7.98. The van der Waals surface area contributed by atoms with Gasteiger partial charge in [0.05, 0.1) is 12.1 Å². The van der Waals surface area contributed by atoms with Gasteiger partial charge in [-0.1, -0.05) is 30.3 Å². The Morgan fingerprint density at radius 3 is 2.46 bits per heavy atom. The molecule has 1 atom stereocenters. The van der Waals surface area contributed by atoms with Crippen LogP contribution < -0.4 is 0 Å². The number of hydrogen-bond acceptors (Lipinski definition) is 3. The largest absolute Gasteiger partial charge is 0.383 e. The Bertz CT molecular complexity index is 550. The molecule has 0 radical (unpaired) electrons. The lowest BCUT2D eigenvalue weighted by Crippen LogP contribution is -2.57. The van der Waals surface area contributed by atoms with Crippen molar-refractivity contribution < 1.29 is 9.53 Å². The number of rotatable bonds is 5. The molecule has 4 nitrogen and oxygen atoms in total. The Balaban J connectivity index is 1.90. The van der Waals surface area contributed by atoms with Crippen molar-refractivity contribution in [3.05, 3.63) is 35.9 Å². The summed E-state index contributed by atoms with van der Waals surface area (Å²) in [6, 6.07) is 11.2. The van der Waals surface area contributed by atoms with Gasteiger partial charge in [0.25, 0.3) is 0 Å². The highest BCUT2D eigenvalue weighted by molar-refractivity contribution is 5.81. The van der Waals surface area contributed by atoms with E-state index < -0.39 is 0 Å². The molecule has 1 spiro atoms. The van der Waals surface area contributed by atoms with Crippen LogP contribution in [0.1, 0.15) is 44.6 Å². The summed E-state index contributed by atoms with van der Waals surface area (Å²) in [5.41, 5.74) is 1.27. The highest BCUT2D eigenvalue weighted by Gasteiger charge is 2.53. The first-order chi connectivity index (χ1) is 11.6. The maximum atomic E-state index is 12.8. The van der Waals surface area contributed by atoms with Gasteiger partial charge in [0.1, 0.15) is 0 Å². The molecule has 2 saturated heterocycles. The van der Waals surface area contributed by atoms with Gasteiger partial charge in [-0.15, -0.1) is 0 Å². The Labute approximate surface area is 145 Å². The molecule has 24 heavy (non-hydrogen) atoms. The van der Waals surface area contributed by atoms with Crippen LogP contribution in [0.15, 0.2) is 30.3 Å². The number of piperidine rings is 1. The molecule has 132 valence electrons. The third-order valence-corrected chi connectivity index (χ3v) is 5.98. The van der Waals surface area contributed by atoms with E-state index in [0.29, 0.717) is 37.4 Å². The molecule has 0 unspecified atom stereocenters. The molecule has 2 aliphatic heterocycles. The van der Waals surface area contributed by atoms with Crippen LogP contribution in [-0.2, 0) is 9.53 Å². The number of likely N-dealkylation sites (tertiary alicyclic amines) is 2. The lowest BCUT2D eigenvalue weighted by Gasteiger charge is -2.49. The summed E-state index contributed by atoms with van der Waals surface area (Å²) >= 11 is 0. The normalized spacial score (nSPS) is 24.2. The van der Waals surface area contributed by atoms with Crippen LogP contribution in [0.5, 0.6) is 0 Å². The van der Waals surface area contributed by atoms with Gasteiger partial charge >= 0.3 is 0 Å². The molecule has 1 aromatic carbocycles. The maximum Gasteiger partial charge on any atom is 0.223 e. The monoisotopic (exact) mass is 330 g/mol. The molecule has 1 aromatic rings. The van der Waals surface area contributed by atoms with Gasteiger partial charge in [0, 0.05) is 45.1 Å². The van der Waals surface area contributed by atoms with Crippen molar-refractivity contribution in [2.45, 2.75) is 50.6 Å². The molecule has 1 amide bonds. The zero-order valence-corrected chi connectivity index (χ0v) is 15.2. The van der Waals surface area contributed by atoms with Crippen molar-refractivity contribution in [2.24, 2.45) is 0 Å². The zero-order chi connectivity index (χ0) is 17.2. The second-order valence-electron chi connectivity index (χ2n) is 7.44. The quantitative estimate of drug-likeness (QED) is 0.832. The van der Waals surface area contributed by atoms with Crippen molar-refractivity contribution in [3.8, 4) is 0 Å². The second kappa shape index (κ2) is 7.24. The minimum absolute atomic E-state index is 0.0393. The first-order valence-corrected chi connectivity index (χ1v) is 9.17. The number of methoxy groups -OCH3 is 1. The van der Waals surface area contributed by atoms with Crippen LogP contribution in [-0.4, -0.2) is 60.6 Å². The average Bonchev–Trinajstić information content (AvgIpc) is 2.86. The van der Waals surface area contributed by atoms with Crippen molar-refractivity contribution in [2.75, 3.05) is 33.4 Å². The third-order valence-electron chi connectivity index (χ3n) is 5.98. The molecule has 2 heterocycles. The van der Waals surface area contributed by atoms with Gasteiger partial charge in [0.15, 0.2) is 0 Å². The van der Waals surface area contributed by atoms with Crippen LogP contribution in [0.4, 0.5) is 0 Å². The van der Waals surface area contributed by atoms with E-state index in [0.717, 1.165) is 25.9 Å². The van der Waals surface area contributed by atoms with Crippen LogP contribution >= 0.6 is 0 Å². The fourth-order valence-electron chi connectivity index (χ4n) is 4.60. The SMILES string of the molecule is COCCN1C(=O)C[C@H](c2ccccc2)C12CCN(C(C)C)CC2.